The van der Waals surface area contributed by atoms with E-state index < -0.39 is 0 Å². The first-order chi connectivity index (χ1) is 17.6. The second-order valence-electron chi connectivity index (χ2n) is 8.68. The van der Waals surface area contributed by atoms with Crippen molar-refractivity contribution in [2.75, 3.05) is 0 Å². The molecule has 0 aromatic rings. The summed E-state index contributed by atoms with van der Waals surface area (Å²) in [6.45, 7) is 0. The van der Waals surface area contributed by atoms with Crippen LogP contribution < -0.4 is 0 Å². The van der Waals surface area contributed by atoms with Gasteiger partial charge in [-0.1, -0.05) is 12.8 Å². The fourth-order valence-electron chi connectivity index (χ4n) is 4.52. The minimum atomic E-state index is -0.141. The Balaban J connectivity index is 0.000000270. The lowest BCUT2D eigenvalue weighted by molar-refractivity contribution is 0.384. The molecule has 0 saturated heterocycles. The molecule has 0 bridgehead atoms. The number of nitrogens with zero attached hydrogens (tertiary/aromatic N) is 6. The summed E-state index contributed by atoms with van der Waals surface area (Å²) in [4.78, 5) is 81.4. The maximum absolute atomic E-state index is 9.99. The molecule has 192 valence electrons. The highest BCUT2D eigenvalue weighted by atomic mass is 16.1. The molecule has 0 aliphatic heterocycles. The topological polar surface area (TPSA) is 177 Å². The van der Waals surface area contributed by atoms with Gasteiger partial charge in [0.1, 0.15) is 0 Å². The molecule has 36 heavy (non-hydrogen) atoms. The number of hydrogen-bond acceptors (Lipinski definition) is 12. The molecule has 4 atom stereocenters. The fraction of sp³-hybridized carbons (Fsp3) is 0.750. The molecule has 0 aromatic carbocycles. The molecule has 0 heterocycles. The lowest BCUT2D eigenvalue weighted by Gasteiger charge is -2.22. The summed E-state index contributed by atoms with van der Waals surface area (Å²) in [6.07, 6.45) is 19.7. The molecule has 3 rings (SSSR count). The molecule has 12 nitrogen and oxygen atoms in total. The van der Waals surface area contributed by atoms with Crippen molar-refractivity contribution in [1.29, 1.82) is 0 Å². The second-order valence-corrected chi connectivity index (χ2v) is 8.68. The van der Waals surface area contributed by atoms with Crippen LogP contribution in [0.3, 0.4) is 0 Å². The van der Waals surface area contributed by atoms with E-state index in [4.69, 9.17) is 0 Å². The highest BCUT2D eigenvalue weighted by molar-refractivity contribution is 5.36. The van der Waals surface area contributed by atoms with E-state index in [2.05, 4.69) is 30.0 Å². The van der Waals surface area contributed by atoms with E-state index in [1.54, 1.807) is 12.2 Å². The molecule has 12 heteroatoms. The predicted octanol–water partition coefficient (Wildman–Crippen LogP) is 2.91. The monoisotopic (exact) mass is 498 g/mol. The average Bonchev–Trinajstić information content (AvgIpc) is 2.89. The third-order valence-electron chi connectivity index (χ3n) is 6.36. The molecule has 0 N–H and O–H groups in total. The number of carbonyl (C=O) groups excluding carboxylic acids is 6. The Morgan fingerprint density at radius 3 is 1.03 bits per heavy atom. The summed E-state index contributed by atoms with van der Waals surface area (Å²) >= 11 is 0. The quantitative estimate of drug-likeness (QED) is 0.401. The van der Waals surface area contributed by atoms with Crippen LogP contribution in [-0.2, 0) is 28.8 Å². The molecule has 0 aromatic heterocycles. The van der Waals surface area contributed by atoms with Gasteiger partial charge in [0, 0.05) is 0 Å². The van der Waals surface area contributed by atoms with E-state index in [1.165, 1.54) is 24.3 Å². The fourth-order valence-corrected chi connectivity index (χ4v) is 4.52. The SMILES string of the molecule is O=C=NC1CCC(N=C=O)CC1.O=C=NC1CCCC(N=C=O)C1.O=C=NC1CCCCC1N=C=O. The molecule has 0 radical (unpaired) electrons. The minimum absolute atomic E-state index is 0.0124. The second kappa shape index (κ2) is 19.6. The summed E-state index contributed by atoms with van der Waals surface area (Å²) < 4.78 is 0. The number of hydrogen-bond donors (Lipinski definition) is 0. The van der Waals surface area contributed by atoms with Crippen molar-refractivity contribution in [3.05, 3.63) is 0 Å². The van der Waals surface area contributed by atoms with Crippen molar-refractivity contribution in [1.82, 2.24) is 0 Å². The molecule has 3 aliphatic carbocycles. The largest absolute Gasteiger partial charge is 0.235 e. The highest BCUT2D eigenvalue weighted by Crippen LogP contribution is 2.24. The van der Waals surface area contributed by atoms with Crippen molar-refractivity contribution >= 4 is 36.5 Å². The smallest absolute Gasteiger partial charge is 0.211 e. The van der Waals surface area contributed by atoms with Gasteiger partial charge in [-0.15, -0.1) is 0 Å². The van der Waals surface area contributed by atoms with Crippen molar-refractivity contribution in [2.24, 2.45) is 30.0 Å². The first-order valence-corrected chi connectivity index (χ1v) is 12.0. The van der Waals surface area contributed by atoms with E-state index >= 15 is 0 Å². The summed E-state index contributed by atoms with van der Waals surface area (Å²) in [5.41, 5.74) is 0. The molecule has 3 aliphatic rings. The first kappa shape index (κ1) is 30.3. The van der Waals surface area contributed by atoms with Gasteiger partial charge in [0.15, 0.2) is 0 Å². The highest BCUT2D eigenvalue weighted by Gasteiger charge is 2.24. The number of isocyanates is 6. The molecule has 0 spiro atoms. The zero-order valence-electron chi connectivity index (χ0n) is 20.1. The van der Waals surface area contributed by atoms with E-state index in [1.807, 2.05) is 0 Å². The van der Waals surface area contributed by atoms with Crippen molar-refractivity contribution in [2.45, 2.75) is 113 Å². The number of aliphatic imine (C=N–C) groups is 6. The van der Waals surface area contributed by atoms with Crippen LogP contribution in [0.2, 0.25) is 0 Å². The van der Waals surface area contributed by atoms with E-state index in [0.717, 1.165) is 70.6 Å². The standard InChI is InChI=1S/3C8H10N2O2/c11-5-9-7-1-2-8(4-3-7)10-6-12;11-5-9-7-2-1-3-8(4-7)10-6-12;11-5-9-7-3-1-2-4-8(7)10-6-12/h3*7-8H,1-4H2. The van der Waals surface area contributed by atoms with Crippen LogP contribution in [-0.4, -0.2) is 72.7 Å². The number of rotatable bonds is 6. The third kappa shape index (κ3) is 12.7. The van der Waals surface area contributed by atoms with E-state index in [-0.39, 0.29) is 36.3 Å². The normalized spacial score (nSPS) is 28.3. The Bertz CT molecular complexity index is 882. The molecular weight excluding hydrogens is 468 g/mol. The van der Waals surface area contributed by atoms with Gasteiger partial charge < -0.3 is 0 Å². The van der Waals surface area contributed by atoms with Crippen LogP contribution in [0.15, 0.2) is 30.0 Å². The van der Waals surface area contributed by atoms with Crippen molar-refractivity contribution in [3.8, 4) is 0 Å². The minimum Gasteiger partial charge on any atom is -0.211 e. The van der Waals surface area contributed by atoms with Crippen molar-refractivity contribution in [3.63, 3.8) is 0 Å². The molecule has 3 saturated carbocycles. The Morgan fingerprint density at radius 2 is 0.694 bits per heavy atom. The van der Waals surface area contributed by atoms with Crippen LogP contribution in [0.5, 0.6) is 0 Å². The Labute approximate surface area is 208 Å². The molecule has 3 fully saturated rings. The summed E-state index contributed by atoms with van der Waals surface area (Å²) in [5, 5.41) is 0. The van der Waals surface area contributed by atoms with Gasteiger partial charge >= 0.3 is 0 Å². The molecule has 0 amide bonds. The first-order valence-electron chi connectivity index (χ1n) is 12.0. The van der Waals surface area contributed by atoms with Gasteiger partial charge in [-0.25, -0.2) is 58.7 Å². The zero-order valence-corrected chi connectivity index (χ0v) is 20.1. The van der Waals surface area contributed by atoms with Crippen LogP contribution in [0.4, 0.5) is 0 Å². The maximum atomic E-state index is 9.99. The van der Waals surface area contributed by atoms with Crippen LogP contribution in [0, 0.1) is 0 Å². The van der Waals surface area contributed by atoms with Gasteiger partial charge in [-0.3, -0.25) is 0 Å². The van der Waals surface area contributed by atoms with Gasteiger partial charge in [0.05, 0.1) is 36.3 Å². The summed E-state index contributed by atoms with van der Waals surface area (Å²) in [7, 11) is 0. The average molecular weight is 499 g/mol. The Morgan fingerprint density at radius 1 is 0.361 bits per heavy atom. The molecule has 4 unspecified atom stereocenters. The van der Waals surface area contributed by atoms with Crippen LogP contribution >= 0.6 is 0 Å². The lowest BCUT2D eigenvalue weighted by Crippen LogP contribution is -2.26. The Kier molecular flexibility index (Phi) is 16.5. The van der Waals surface area contributed by atoms with E-state index in [0.29, 0.717) is 6.42 Å². The predicted molar refractivity (Wildman–Crippen MR) is 127 cm³/mol. The van der Waals surface area contributed by atoms with Gasteiger partial charge in [0.2, 0.25) is 36.5 Å². The maximum Gasteiger partial charge on any atom is 0.235 e. The van der Waals surface area contributed by atoms with Crippen LogP contribution in [0.1, 0.15) is 77.0 Å². The molecular formula is C24H30N6O6. The Hall–Kier alpha value is -3.72. The van der Waals surface area contributed by atoms with Gasteiger partial charge in [0.25, 0.3) is 0 Å². The summed E-state index contributed by atoms with van der Waals surface area (Å²) in [6, 6.07) is -0.0618. The third-order valence-corrected chi connectivity index (χ3v) is 6.36. The lowest BCUT2D eigenvalue weighted by atomic mass is 9.91. The van der Waals surface area contributed by atoms with Crippen molar-refractivity contribution < 1.29 is 28.8 Å². The van der Waals surface area contributed by atoms with Gasteiger partial charge in [-0.05, 0) is 64.2 Å². The zero-order chi connectivity index (χ0) is 26.4. The van der Waals surface area contributed by atoms with Crippen LogP contribution in [0.25, 0.3) is 0 Å². The van der Waals surface area contributed by atoms with E-state index in [9.17, 15) is 28.8 Å². The summed E-state index contributed by atoms with van der Waals surface area (Å²) in [5.74, 6) is 0. The van der Waals surface area contributed by atoms with Gasteiger partial charge in [-0.2, -0.15) is 0 Å².